The number of carbonyl (C=O) groups excluding carboxylic acids is 1. The number of hydrogen-bond donors (Lipinski definition) is 1. The van der Waals surface area contributed by atoms with Crippen molar-refractivity contribution in [3.63, 3.8) is 0 Å². The average Bonchev–Trinajstić information content (AvgIpc) is 2.22. The highest BCUT2D eigenvalue weighted by Crippen LogP contribution is 2.26. The minimum Gasteiger partial charge on any atom is -0.383 e. The molecule has 0 aromatic heterocycles. The van der Waals surface area contributed by atoms with Crippen molar-refractivity contribution in [2.24, 2.45) is 0 Å². The molecule has 0 radical (unpaired) electrons. The zero-order valence-electron chi connectivity index (χ0n) is 8.29. The van der Waals surface area contributed by atoms with Crippen molar-refractivity contribution in [2.75, 3.05) is 23.8 Å². The fraction of sp³-hybridized carbons (Fsp3) is 0.364. The van der Waals surface area contributed by atoms with Crippen molar-refractivity contribution < 1.29 is 4.79 Å². The summed E-state index contributed by atoms with van der Waals surface area (Å²) in [6.45, 7) is 0.872. The van der Waals surface area contributed by atoms with Gasteiger partial charge in [0.05, 0.1) is 11.4 Å². The molecule has 1 heterocycles. The standard InChI is InChI=1S/C11H14N2O/c1-13-10-6-3-2-5-9(10)12-8-4-7-11(13)14/h2-3,5-6,12H,4,7-8H2,1H3. The molecule has 2 rings (SSSR count). The van der Waals surface area contributed by atoms with Crippen LogP contribution >= 0.6 is 0 Å². The van der Waals surface area contributed by atoms with Gasteiger partial charge >= 0.3 is 0 Å². The second kappa shape index (κ2) is 3.70. The molecule has 0 aliphatic carbocycles. The van der Waals surface area contributed by atoms with Gasteiger partial charge in [-0.25, -0.2) is 0 Å². The number of hydrogen-bond acceptors (Lipinski definition) is 2. The molecule has 0 unspecified atom stereocenters. The minimum absolute atomic E-state index is 0.193. The predicted octanol–water partition coefficient (Wildman–Crippen LogP) is 1.86. The number of nitrogens with zero attached hydrogens (tertiary/aromatic N) is 1. The molecule has 1 aromatic rings. The van der Waals surface area contributed by atoms with Gasteiger partial charge in [0, 0.05) is 20.0 Å². The second-order valence-corrected chi connectivity index (χ2v) is 3.50. The Labute approximate surface area is 83.7 Å². The third-order valence-electron chi connectivity index (χ3n) is 2.52. The monoisotopic (exact) mass is 190 g/mol. The van der Waals surface area contributed by atoms with Crippen molar-refractivity contribution in [1.29, 1.82) is 0 Å². The van der Waals surface area contributed by atoms with E-state index in [0.29, 0.717) is 6.42 Å². The van der Waals surface area contributed by atoms with Crippen LogP contribution in [0.25, 0.3) is 0 Å². The summed E-state index contributed by atoms with van der Waals surface area (Å²) in [6.07, 6.45) is 1.52. The van der Waals surface area contributed by atoms with Crippen molar-refractivity contribution in [3.8, 4) is 0 Å². The van der Waals surface area contributed by atoms with Crippen LogP contribution in [0.5, 0.6) is 0 Å². The molecule has 0 saturated carbocycles. The molecule has 0 fully saturated rings. The zero-order valence-corrected chi connectivity index (χ0v) is 8.29. The number of anilines is 2. The largest absolute Gasteiger partial charge is 0.383 e. The second-order valence-electron chi connectivity index (χ2n) is 3.50. The van der Waals surface area contributed by atoms with Gasteiger partial charge in [-0.1, -0.05) is 12.1 Å². The molecule has 0 saturated heterocycles. The van der Waals surface area contributed by atoms with E-state index in [1.165, 1.54) is 0 Å². The Morgan fingerprint density at radius 1 is 1.36 bits per heavy atom. The van der Waals surface area contributed by atoms with E-state index in [1.807, 2.05) is 31.3 Å². The van der Waals surface area contributed by atoms with Gasteiger partial charge in [0.1, 0.15) is 0 Å². The van der Waals surface area contributed by atoms with E-state index in [4.69, 9.17) is 0 Å². The highest BCUT2D eigenvalue weighted by atomic mass is 16.2. The Kier molecular flexibility index (Phi) is 2.39. The maximum atomic E-state index is 11.6. The maximum Gasteiger partial charge on any atom is 0.226 e. The zero-order chi connectivity index (χ0) is 9.97. The molecule has 1 amide bonds. The highest BCUT2D eigenvalue weighted by molar-refractivity contribution is 5.96. The molecule has 0 atom stereocenters. The first kappa shape index (κ1) is 9.06. The summed E-state index contributed by atoms with van der Waals surface area (Å²) in [6, 6.07) is 7.90. The molecule has 3 heteroatoms. The molecular formula is C11H14N2O. The van der Waals surface area contributed by atoms with Crippen LogP contribution in [0.2, 0.25) is 0 Å². The first-order chi connectivity index (χ1) is 6.79. The van der Waals surface area contributed by atoms with E-state index in [9.17, 15) is 4.79 Å². The molecule has 74 valence electrons. The van der Waals surface area contributed by atoms with Gasteiger partial charge in [-0.3, -0.25) is 4.79 Å². The number of fused-ring (bicyclic) bond motifs is 1. The molecule has 1 aliphatic heterocycles. The number of amides is 1. The number of benzene rings is 1. The van der Waals surface area contributed by atoms with Crippen LogP contribution in [0.3, 0.4) is 0 Å². The van der Waals surface area contributed by atoms with Crippen molar-refractivity contribution in [1.82, 2.24) is 0 Å². The number of rotatable bonds is 0. The van der Waals surface area contributed by atoms with Crippen molar-refractivity contribution in [2.45, 2.75) is 12.8 Å². The number of nitrogens with one attached hydrogen (secondary N) is 1. The summed E-state index contributed by atoms with van der Waals surface area (Å²) in [4.78, 5) is 13.4. The Balaban J connectivity index is 2.40. The van der Waals surface area contributed by atoms with E-state index < -0.39 is 0 Å². The Bertz CT molecular complexity index is 349. The maximum absolute atomic E-state index is 11.6. The summed E-state index contributed by atoms with van der Waals surface area (Å²) >= 11 is 0. The molecule has 3 nitrogen and oxygen atoms in total. The van der Waals surface area contributed by atoms with E-state index in [0.717, 1.165) is 24.3 Å². The van der Waals surface area contributed by atoms with Gasteiger partial charge in [-0.15, -0.1) is 0 Å². The lowest BCUT2D eigenvalue weighted by molar-refractivity contribution is -0.118. The van der Waals surface area contributed by atoms with Gasteiger partial charge in [-0.2, -0.15) is 0 Å². The average molecular weight is 190 g/mol. The smallest absolute Gasteiger partial charge is 0.226 e. The van der Waals surface area contributed by atoms with E-state index in [1.54, 1.807) is 4.90 Å². The third kappa shape index (κ3) is 1.58. The topological polar surface area (TPSA) is 32.3 Å². The lowest BCUT2D eigenvalue weighted by Crippen LogP contribution is -2.29. The summed E-state index contributed by atoms with van der Waals surface area (Å²) in [5, 5.41) is 3.32. The summed E-state index contributed by atoms with van der Waals surface area (Å²) in [5.41, 5.74) is 2.01. The van der Waals surface area contributed by atoms with Crippen LogP contribution in [0.4, 0.5) is 11.4 Å². The van der Waals surface area contributed by atoms with Gasteiger partial charge in [0.15, 0.2) is 0 Å². The summed E-state index contributed by atoms with van der Waals surface area (Å²) in [5.74, 6) is 0.193. The van der Waals surface area contributed by atoms with Crippen molar-refractivity contribution >= 4 is 17.3 Å². The normalized spacial score (nSPS) is 16.6. The van der Waals surface area contributed by atoms with Gasteiger partial charge in [-0.05, 0) is 18.6 Å². The van der Waals surface area contributed by atoms with Crippen LogP contribution in [-0.4, -0.2) is 19.5 Å². The number of para-hydroxylation sites is 2. The highest BCUT2D eigenvalue weighted by Gasteiger charge is 2.15. The van der Waals surface area contributed by atoms with Gasteiger partial charge in [0.2, 0.25) is 5.91 Å². The van der Waals surface area contributed by atoms with Crippen LogP contribution in [0.1, 0.15) is 12.8 Å². The third-order valence-corrected chi connectivity index (χ3v) is 2.52. The molecule has 1 N–H and O–H groups in total. The van der Waals surface area contributed by atoms with Crippen molar-refractivity contribution in [3.05, 3.63) is 24.3 Å². The molecule has 0 spiro atoms. The molecule has 0 bridgehead atoms. The van der Waals surface area contributed by atoms with Crippen LogP contribution in [0, 0.1) is 0 Å². The Morgan fingerprint density at radius 2 is 2.14 bits per heavy atom. The van der Waals surface area contributed by atoms with Gasteiger partial charge < -0.3 is 10.2 Å². The Hall–Kier alpha value is -1.51. The first-order valence-corrected chi connectivity index (χ1v) is 4.88. The molecule has 1 aromatic carbocycles. The van der Waals surface area contributed by atoms with E-state index in [-0.39, 0.29) is 5.91 Å². The van der Waals surface area contributed by atoms with Crippen LogP contribution < -0.4 is 10.2 Å². The Morgan fingerprint density at radius 3 is 3.00 bits per heavy atom. The fourth-order valence-corrected chi connectivity index (χ4v) is 1.68. The van der Waals surface area contributed by atoms with E-state index >= 15 is 0 Å². The lowest BCUT2D eigenvalue weighted by atomic mass is 10.2. The molecular weight excluding hydrogens is 176 g/mol. The quantitative estimate of drug-likeness (QED) is 0.677. The predicted molar refractivity (Wildman–Crippen MR) is 57.6 cm³/mol. The molecule has 14 heavy (non-hydrogen) atoms. The molecule has 1 aliphatic rings. The van der Waals surface area contributed by atoms with Gasteiger partial charge in [0.25, 0.3) is 0 Å². The van der Waals surface area contributed by atoms with Crippen LogP contribution in [0.15, 0.2) is 24.3 Å². The minimum atomic E-state index is 0.193. The first-order valence-electron chi connectivity index (χ1n) is 4.88. The number of carbonyl (C=O) groups is 1. The van der Waals surface area contributed by atoms with E-state index in [2.05, 4.69) is 5.32 Å². The van der Waals surface area contributed by atoms with Crippen LogP contribution in [-0.2, 0) is 4.79 Å². The fourth-order valence-electron chi connectivity index (χ4n) is 1.68. The summed E-state index contributed by atoms with van der Waals surface area (Å²) in [7, 11) is 1.83. The summed E-state index contributed by atoms with van der Waals surface area (Å²) < 4.78 is 0. The SMILES string of the molecule is CN1C(=O)CCCNc2ccccc21. The lowest BCUT2D eigenvalue weighted by Gasteiger charge is -2.24.